The van der Waals surface area contributed by atoms with Gasteiger partial charge >= 0.3 is 21.1 Å². The minimum atomic E-state index is 0. The molecule has 292 valence electrons. The second kappa shape index (κ2) is 16.8. The maximum atomic E-state index is 5.55. The quantitative estimate of drug-likeness (QED) is 0.139. The van der Waals surface area contributed by atoms with Crippen molar-refractivity contribution in [3.63, 3.8) is 0 Å². The third kappa shape index (κ3) is 7.13. The zero-order valence-corrected chi connectivity index (χ0v) is 34.8. The first-order valence-electron chi connectivity index (χ1n) is 18.5. The average molecular weight is 956 g/mol. The van der Waals surface area contributed by atoms with Crippen LogP contribution in [-0.4, -0.2) is 57.5 Å². The van der Waals surface area contributed by atoms with E-state index in [0.29, 0.717) is 23.0 Å². The molecule has 0 bridgehead atoms. The Balaban J connectivity index is 0.000000161. The number of fused-ring (bicyclic) bond motifs is 6. The number of hydrogen-bond acceptors (Lipinski definition) is 8. The van der Waals surface area contributed by atoms with Crippen molar-refractivity contribution >= 4 is 43.9 Å². The molecule has 6 heterocycles. The molecule has 10 nitrogen and oxygen atoms in total. The fourth-order valence-electron chi connectivity index (χ4n) is 7.39. The fourth-order valence-corrected chi connectivity index (χ4v) is 7.39. The second-order valence-electron chi connectivity index (χ2n) is 13.2. The summed E-state index contributed by atoms with van der Waals surface area (Å²) in [5, 5.41) is 2.24. The number of benzene rings is 4. The van der Waals surface area contributed by atoms with Crippen LogP contribution in [0, 0.1) is 12.1 Å². The summed E-state index contributed by atoms with van der Waals surface area (Å²) in [7, 11) is 6.51. The molecule has 10 rings (SSSR count). The normalized spacial score (nSPS) is 10.9. The summed E-state index contributed by atoms with van der Waals surface area (Å²) in [5.74, 6) is 2.71. The van der Waals surface area contributed by atoms with Crippen LogP contribution in [0.15, 0.2) is 146 Å². The Hall–Kier alpha value is -7.03. The number of nitrogens with zero attached hydrogens (tertiary/aromatic N) is 6. The van der Waals surface area contributed by atoms with Crippen LogP contribution in [0.5, 0.6) is 23.0 Å². The molecule has 0 N–H and O–H groups in total. The number of rotatable bonds is 8. The maximum absolute atomic E-state index is 5.55. The van der Waals surface area contributed by atoms with E-state index < -0.39 is 0 Å². The van der Waals surface area contributed by atoms with Gasteiger partial charge in [0.1, 0.15) is 0 Å². The van der Waals surface area contributed by atoms with Crippen LogP contribution < -0.4 is 18.9 Å². The van der Waals surface area contributed by atoms with Crippen molar-refractivity contribution in [3.8, 4) is 56.9 Å². The standard InChI is InChI=1S/2C24H18N3O2.Pt/c2*1-28-17-9-10-18(23(15-17)29-2)20-14-16(11-13-25-20)27-21-7-4-3-6-19(21)24-22(27)8-5-12-26-24;/h2*3-9,11-15H,1-2H3;/q2*-1;+2. The van der Waals surface area contributed by atoms with Crippen LogP contribution in [0.4, 0.5) is 0 Å². The van der Waals surface area contributed by atoms with Crippen LogP contribution in [0.1, 0.15) is 0 Å². The molecule has 0 unspecified atom stereocenters. The van der Waals surface area contributed by atoms with E-state index in [1.54, 1.807) is 53.0 Å². The van der Waals surface area contributed by atoms with E-state index in [-0.39, 0.29) is 21.1 Å². The van der Waals surface area contributed by atoms with Gasteiger partial charge in [0, 0.05) is 69.9 Å². The Kier molecular flexibility index (Phi) is 11.1. The van der Waals surface area contributed by atoms with Gasteiger partial charge in [0.05, 0.1) is 61.5 Å². The second-order valence-corrected chi connectivity index (χ2v) is 13.2. The van der Waals surface area contributed by atoms with E-state index in [1.165, 1.54) is 0 Å². The van der Waals surface area contributed by atoms with E-state index in [4.69, 9.17) is 18.9 Å². The molecular formula is C48H36N6O4Pt. The molecule has 0 spiro atoms. The third-order valence-corrected chi connectivity index (χ3v) is 10.0. The van der Waals surface area contributed by atoms with Crippen LogP contribution >= 0.6 is 0 Å². The SMILES string of the molecule is COc1c[c-]c(-c2cc(-n3c4ccccc4c4ncccc43)ccn2)c(OC)c1.COc1c[c-]c(-c2cc(-n3c4ccccc4c4ncccc43)ccn2)c(OC)c1.[Pt+2]. The number of hydrogen-bond donors (Lipinski definition) is 0. The maximum Gasteiger partial charge on any atom is 2.00 e. The Labute approximate surface area is 354 Å². The first-order valence-corrected chi connectivity index (χ1v) is 18.5. The van der Waals surface area contributed by atoms with E-state index in [9.17, 15) is 0 Å². The van der Waals surface area contributed by atoms with Crippen molar-refractivity contribution in [1.29, 1.82) is 0 Å². The predicted octanol–water partition coefficient (Wildman–Crippen LogP) is 10.1. The minimum Gasteiger partial charge on any atom is -0.540 e. The van der Waals surface area contributed by atoms with Gasteiger partial charge in [0.15, 0.2) is 0 Å². The van der Waals surface area contributed by atoms with Gasteiger partial charge < -0.3 is 38.0 Å². The number of pyridine rings is 4. The largest absolute Gasteiger partial charge is 2.00 e. The van der Waals surface area contributed by atoms with Crippen LogP contribution in [0.3, 0.4) is 0 Å². The molecule has 11 heteroatoms. The molecule has 0 radical (unpaired) electrons. The summed E-state index contributed by atoms with van der Waals surface area (Å²) in [6.07, 6.45) is 7.26. The first-order chi connectivity index (χ1) is 28.6. The van der Waals surface area contributed by atoms with Crippen molar-refractivity contribution in [2.45, 2.75) is 0 Å². The molecule has 0 aliphatic heterocycles. The monoisotopic (exact) mass is 955 g/mol. The number of para-hydroxylation sites is 2. The molecule has 6 aromatic heterocycles. The smallest absolute Gasteiger partial charge is 0.540 e. The summed E-state index contributed by atoms with van der Waals surface area (Å²) in [6, 6.07) is 46.5. The molecule has 59 heavy (non-hydrogen) atoms. The van der Waals surface area contributed by atoms with Crippen molar-refractivity contribution in [1.82, 2.24) is 29.1 Å². The molecule has 10 aromatic rings. The van der Waals surface area contributed by atoms with Gasteiger partial charge in [0.25, 0.3) is 0 Å². The number of ether oxygens (including phenoxy) is 4. The Bertz CT molecular complexity index is 2790. The average Bonchev–Trinajstić information content (AvgIpc) is 3.82. The molecule has 0 amide bonds. The Morgan fingerprint density at radius 3 is 1.29 bits per heavy atom. The number of methoxy groups -OCH3 is 4. The van der Waals surface area contributed by atoms with E-state index >= 15 is 0 Å². The third-order valence-electron chi connectivity index (χ3n) is 10.0. The summed E-state index contributed by atoms with van der Waals surface area (Å²) in [5.41, 5.74) is 11.4. The van der Waals surface area contributed by atoms with Gasteiger partial charge in [-0.25, -0.2) is 0 Å². The van der Waals surface area contributed by atoms with E-state index in [1.807, 2.05) is 85.2 Å². The molecule has 0 aliphatic rings. The zero-order chi connectivity index (χ0) is 39.6. The Morgan fingerprint density at radius 2 is 0.864 bits per heavy atom. The molecule has 0 atom stereocenters. The molecule has 0 aliphatic carbocycles. The summed E-state index contributed by atoms with van der Waals surface area (Å²) in [6.45, 7) is 0. The van der Waals surface area contributed by atoms with Crippen LogP contribution in [0.25, 0.3) is 77.8 Å². The van der Waals surface area contributed by atoms with Crippen molar-refractivity contribution in [2.24, 2.45) is 0 Å². The van der Waals surface area contributed by atoms with Crippen LogP contribution in [-0.2, 0) is 21.1 Å². The minimum absolute atomic E-state index is 0. The zero-order valence-electron chi connectivity index (χ0n) is 32.5. The molecular weight excluding hydrogens is 920 g/mol. The summed E-state index contributed by atoms with van der Waals surface area (Å²) in [4.78, 5) is 18.3. The van der Waals surface area contributed by atoms with Crippen molar-refractivity contribution in [2.75, 3.05) is 28.4 Å². The van der Waals surface area contributed by atoms with E-state index in [2.05, 4.69) is 77.6 Å². The Morgan fingerprint density at radius 1 is 0.441 bits per heavy atom. The van der Waals surface area contributed by atoms with E-state index in [0.717, 1.165) is 77.8 Å². The van der Waals surface area contributed by atoms with Crippen molar-refractivity contribution < 1.29 is 40.0 Å². The topological polar surface area (TPSA) is 98.3 Å². The molecule has 0 saturated heterocycles. The van der Waals surface area contributed by atoms with Gasteiger partial charge in [-0.2, -0.15) is 0 Å². The van der Waals surface area contributed by atoms with Gasteiger partial charge in [-0.05, 0) is 59.9 Å². The van der Waals surface area contributed by atoms with Crippen molar-refractivity contribution in [3.05, 3.63) is 158 Å². The van der Waals surface area contributed by atoms with Gasteiger partial charge in [-0.15, -0.1) is 24.3 Å². The first kappa shape index (κ1) is 38.8. The van der Waals surface area contributed by atoms with Crippen LogP contribution in [0.2, 0.25) is 0 Å². The fraction of sp³-hybridized carbons (Fsp3) is 0.0833. The predicted molar refractivity (Wildman–Crippen MR) is 227 cm³/mol. The van der Waals surface area contributed by atoms with Gasteiger partial charge in [0.2, 0.25) is 0 Å². The molecule has 0 saturated carbocycles. The van der Waals surface area contributed by atoms with Gasteiger partial charge in [-0.3, -0.25) is 9.97 Å². The summed E-state index contributed by atoms with van der Waals surface area (Å²) >= 11 is 0. The summed E-state index contributed by atoms with van der Waals surface area (Å²) < 4.78 is 26.1. The number of aromatic nitrogens is 6. The molecule has 0 fully saturated rings. The molecule has 4 aromatic carbocycles. The van der Waals surface area contributed by atoms with Gasteiger partial charge in [-0.1, -0.05) is 71.8 Å².